The largest absolute Gasteiger partial charge is 0.496 e. The first kappa shape index (κ1) is 16.8. The number of rotatable bonds is 3. The quantitative estimate of drug-likeness (QED) is 0.536. The number of halogens is 2. The van der Waals surface area contributed by atoms with Gasteiger partial charge in [-0.2, -0.15) is 0 Å². The predicted octanol–water partition coefficient (Wildman–Crippen LogP) is 4.77. The second-order valence-corrected chi connectivity index (χ2v) is 7.01. The van der Waals surface area contributed by atoms with Crippen molar-refractivity contribution in [2.24, 2.45) is 0 Å². The van der Waals surface area contributed by atoms with Crippen molar-refractivity contribution in [2.75, 3.05) is 12.8 Å². The fraction of sp³-hybridized carbons (Fsp3) is 0.190. The summed E-state index contributed by atoms with van der Waals surface area (Å²) in [6, 6.07) is 7.25. The zero-order chi connectivity index (χ0) is 19.6. The van der Waals surface area contributed by atoms with E-state index in [0.717, 1.165) is 12.8 Å². The Labute approximate surface area is 159 Å². The number of anilines is 1. The molecule has 2 aromatic heterocycles. The fourth-order valence-corrected chi connectivity index (χ4v) is 3.79. The Morgan fingerprint density at radius 2 is 1.89 bits per heavy atom. The molecule has 1 aliphatic rings. The maximum absolute atomic E-state index is 14.9. The van der Waals surface area contributed by atoms with E-state index in [0.29, 0.717) is 16.3 Å². The summed E-state index contributed by atoms with van der Waals surface area (Å²) in [5, 5.41) is 11.5. The van der Waals surface area contributed by atoms with E-state index >= 15 is 0 Å². The Kier molecular flexibility index (Phi) is 3.49. The second kappa shape index (κ2) is 5.82. The van der Waals surface area contributed by atoms with Crippen LogP contribution in [0.4, 0.5) is 14.5 Å². The van der Waals surface area contributed by atoms with Gasteiger partial charge in [0.25, 0.3) is 0 Å². The van der Waals surface area contributed by atoms with Crippen molar-refractivity contribution >= 4 is 27.5 Å². The Hall–Kier alpha value is -3.35. The molecule has 3 N–H and O–H groups in total. The minimum atomic E-state index is -0.631. The number of benzene rings is 2. The molecule has 5 nitrogen and oxygen atoms in total. The molecule has 1 saturated carbocycles. The molecule has 0 bridgehead atoms. The van der Waals surface area contributed by atoms with Crippen LogP contribution in [0.5, 0.6) is 11.6 Å². The van der Waals surface area contributed by atoms with Gasteiger partial charge < -0.3 is 20.1 Å². The summed E-state index contributed by atoms with van der Waals surface area (Å²) >= 11 is 0. The SMILES string of the molecule is COc1cccc(F)c1-c1c(F)ccc2c(N)c3c(O)n(C4CC4)cc3nc12. The number of fused-ring (bicyclic) bond motifs is 2. The summed E-state index contributed by atoms with van der Waals surface area (Å²) in [6.07, 6.45) is 3.66. The van der Waals surface area contributed by atoms with E-state index in [1.165, 1.54) is 31.4 Å². The van der Waals surface area contributed by atoms with Crippen LogP contribution in [-0.2, 0) is 0 Å². The third-order valence-corrected chi connectivity index (χ3v) is 5.29. The molecule has 5 rings (SSSR count). The first-order valence-corrected chi connectivity index (χ1v) is 8.95. The van der Waals surface area contributed by atoms with Gasteiger partial charge in [-0.3, -0.25) is 0 Å². The standard InChI is InChI=1S/C21H17F2N3O2/c1-28-15-4-2-3-12(22)16(15)17-13(23)8-7-11-19(24)18-14(25-20(11)17)9-26(21(18)27)10-5-6-10/h2-4,7-10,27H,5-6,24H2,1H3. The fourth-order valence-electron chi connectivity index (χ4n) is 3.79. The second-order valence-electron chi connectivity index (χ2n) is 7.01. The van der Waals surface area contributed by atoms with Gasteiger partial charge in [0.2, 0.25) is 5.88 Å². The van der Waals surface area contributed by atoms with Gasteiger partial charge in [-0.15, -0.1) is 0 Å². The third-order valence-electron chi connectivity index (χ3n) is 5.29. The molecule has 28 heavy (non-hydrogen) atoms. The Morgan fingerprint density at radius 3 is 2.61 bits per heavy atom. The molecular formula is C21H17F2N3O2. The van der Waals surface area contributed by atoms with Crippen LogP contribution in [0.3, 0.4) is 0 Å². The van der Waals surface area contributed by atoms with Crippen LogP contribution in [0.25, 0.3) is 32.9 Å². The molecule has 0 amide bonds. The van der Waals surface area contributed by atoms with Crippen molar-refractivity contribution in [3.63, 3.8) is 0 Å². The summed E-state index contributed by atoms with van der Waals surface area (Å²) in [7, 11) is 1.40. The molecule has 1 aliphatic carbocycles. The van der Waals surface area contributed by atoms with Crippen LogP contribution in [0.1, 0.15) is 18.9 Å². The lowest BCUT2D eigenvalue weighted by molar-refractivity contribution is 0.413. The number of pyridine rings is 1. The Bertz CT molecular complexity index is 1260. The van der Waals surface area contributed by atoms with Gasteiger partial charge in [0.05, 0.1) is 40.3 Å². The molecule has 0 saturated heterocycles. The molecule has 0 spiro atoms. The lowest BCUT2D eigenvalue weighted by Crippen LogP contribution is -1.98. The van der Waals surface area contributed by atoms with Gasteiger partial charge in [-0.1, -0.05) is 6.07 Å². The summed E-state index contributed by atoms with van der Waals surface area (Å²) in [4.78, 5) is 4.56. The van der Waals surface area contributed by atoms with Crippen LogP contribution in [0, 0.1) is 11.6 Å². The predicted molar refractivity (Wildman–Crippen MR) is 103 cm³/mol. The summed E-state index contributed by atoms with van der Waals surface area (Å²) in [6.45, 7) is 0. The summed E-state index contributed by atoms with van der Waals surface area (Å²) < 4.78 is 36.6. The summed E-state index contributed by atoms with van der Waals surface area (Å²) in [5.41, 5.74) is 7.26. The van der Waals surface area contributed by atoms with E-state index in [1.807, 2.05) is 0 Å². The van der Waals surface area contributed by atoms with Gasteiger partial charge in [-0.05, 0) is 37.1 Å². The number of hydrogen-bond donors (Lipinski definition) is 2. The van der Waals surface area contributed by atoms with Gasteiger partial charge in [0.1, 0.15) is 17.4 Å². The molecule has 1 fully saturated rings. The molecule has 0 atom stereocenters. The molecule has 7 heteroatoms. The van der Waals surface area contributed by atoms with E-state index in [9.17, 15) is 13.9 Å². The molecule has 2 heterocycles. The first-order valence-electron chi connectivity index (χ1n) is 8.95. The number of nitrogens with two attached hydrogens (primary N) is 1. The monoisotopic (exact) mass is 381 g/mol. The van der Waals surface area contributed by atoms with Crippen molar-refractivity contribution in [3.05, 3.63) is 48.2 Å². The van der Waals surface area contributed by atoms with E-state index in [2.05, 4.69) is 4.98 Å². The minimum Gasteiger partial charge on any atom is -0.496 e. The number of hydrogen-bond acceptors (Lipinski definition) is 4. The highest BCUT2D eigenvalue weighted by atomic mass is 19.1. The number of nitrogens with zero attached hydrogens (tertiary/aromatic N) is 2. The number of ether oxygens (including phenoxy) is 1. The van der Waals surface area contributed by atoms with Crippen molar-refractivity contribution < 1.29 is 18.6 Å². The van der Waals surface area contributed by atoms with E-state index < -0.39 is 11.6 Å². The van der Waals surface area contributed by atoms with Crippen molar-refractivity contribution in [3.8, 4) is 22.8 Å². The van der Waals surface area contributed by atoms with Gasteiger partial charge >= 0.3 is 0 Å². The van der Waals surface area contributed by atoms with Crippen LogP contribution in [0.15, 0.2) is 36.5 Å². The average molecular weight is 381 g/mol. The maximum atomic E-state index is 14.9. The highest BCUT2D eigenvalue weighted by molar-refractivity contribution is 6.12. The van der Waals surface area contributed by atoms with Gasteiger partial charge in [-0.25, -0.2) is 13.8 Å². The third kappa shape index (κ3) is 2.25. The van der Waals surface area contributed by atoms with Crippen molar-refractivity contribution in [1.82, 2.24) is 9.55 Å². The average Bonchev–Trinajstić information content (AvgIpc) is 3.46. The lowest BCUT2D eigenvalue weighted by Gasteiger charge is -2.14. The number of nitrogen functional groups attached to an aromatic ring is 1. The van der Waals surface area contributed by atoms with Gasteiger partial charge in [0, 0.05) is 17.6 Å². The summed E-state index contributed by atoms with van der Waals surface area (Å²) in [5.74, 6) is -0.998. The smallest absolute Gasteiger partial charge is 0.203 e. The first-order chi connectivity index (χ1) is 13.5. The highest BCUT2D eigenvalue weighted by Gasteiger charge is 2.29. The Balaban J connectivity index is 1.91. The van der Waals surface area contributed by atoms with Crippen LogP contribution in [0.2, 0.25) is 0 Å². The van der Waals surface area contributed by atoms with E-state index in [1.54, 1.807) is 16.8 Å². The van der Waals surface area contributed by atoms with Crippen molar-refractivity contribution in [1.29, 1.82) is 0 Å². The highest BCUT2D eigenvalue weighted by Crippen LogP contribution is 2.46. The molecule has 142 valence electrons. The molecule has 0 unspecified atom stereocenters. The van der Waals surface area contributed by atoms with Crippen LogP contribution >= 0.6 is 0 Å². The molecule has 2 aromatic carbocycles. The molecule has 0 aliphatic heterocycles. The zero-order valence-corrected chi connectivity index (χ0v) is 15.0. The topological polar surface area (TPSA) is 73.3 Å². The van der Waals surface area contributed by atoms with E-state index in [-0.39, 0.29) is 40.0 Å². The zero-order valence-electron chi connectivity index (χ0n) is 15.0. The molecular weight excluding hydrogens is 364 g/mol. The molecule has 0 radical (unpaired) electrons. The number of aromatic nitrogens is 2. The number of aromatic hydroxyl groups is 1. The lowest BCUT2D eigenvalue weighted by atomic mass is 9.98. The molecule has 4 aromatic rings. The van der Waals surface area contributed by atoms with Crippen molar-refractivity contribution in [2.45, 2.75) is 18.9 Å². The Morgan fingerprint density at radius 1 is 1.14 bits per heavy atom. The normalized spacial score (nSPS) is 14.1. The van der Waals surface area contributed by atoms with Crippen LogP contribution in [-0.4, -0.2) is 21.8 Å². The van der Waals surface area contributed by atoms with E-state index in [4.69, 9.17) is 10.5 Å². The number of methoxy groups -OCH3 is 1. The van der Waals surface area contributed by atoms with Crippen LogP contribution < -0.4 is 10.5 Å². The van der Waals surface area contributed by atoms with Gasteiger partial charge in [0.15, 0.2) is 0 Å². The minimum absolute atomic E-state index is 0.00908. The maximum Gasteiger partial charge on any atom is 0.203 e.